The number of aliphatic hydroxyl groups excluding tert-OH is 1. The number of hydrogen-bond donors (Lipinski definition) is 1. The third-order valence-electron chi connectivity index (χ3n) is 3.85. The fraction of sp³-hybridized carbons (Fsp3) is 0.700. The molecule has 0 aromatic heterocycles. The Labute approximate surface area is 158 Å². The fourth-order valence-electron chi connectivity index (χ4n) is 2.60. The summed E-state index contributed by atoms with van der Waals surface area (Å²) in [5, 5.41) is 10.4. The summed E-state index contributed by atoms with van der Waals surface area (Å²) in [6, 6.07) is 5.89. The van der Waals surface area contributed by atoms with Gasteiger partial charge in [-0.15, -0.1) is 0 Å². The maximum Gasteiger partial charge on any atom is 0.161 e. The van der Waals surface area contributed by atoms with Crippen LogP contribution in [0.4, 0.5) is 0 Å². The van der Waals surface area contributed by atoms with E-state index in [0.717, 1.165) is 18.5 Å². The Hall–Kier alpha value is -1.34. The molecule has 1 aromatic carbocycles. The van der Waals surface area contributed by atoms with Crippen molar-refractivity contribution in [1.82, 2.24) is 4.90 Å². The summed E-state index contributed by atoms with van der Waals surface area (Å²) < 4.78 is 21.5. The molecule has 0 bridgehead atoms. The van der Waals surface area contributed by atoms with Crippen molar-refractivity contribution < 1.29 is 24.1 Å². The Bertz CT molecular complexity index is 515. The van der Waals surface area contributed by atoms with Crippen LogP contribution >= 0.6 is 0 Å². The number of benzene rings is 1. The van der Waals surface area contributed by atoms with Crippen molar-refractivity contribution in [2.24, 2.45) is 0 Å². The Morgan fingerprint density at radius 2 is 1.77 bits per heavy atom. The van der Waals surface area contributed by atoms with Gasteiger partial charge in [0.25, 0.3) is 0 Å². The standard InChI is InChI=1S/C20H35NO5/c1-20(2,3)26-15-17(22)14-21(10-7-11-23-4)13-16-8-9-18(24-5)19(12-16)25-6/h8-9,12,17,22H,7,10-11,13-15H2,1-6H3/t17-/m1/s1. The molecule has 1 N–H and O–H groups in total. The summed E-state index contributed by atoms with van der Waals surface area (Å²) in [6.07, 6.45) is 0.355. The monoisotopic (exact) mass is 369 g/mol. The molecule has 0 aliphatic rings. The van der Waals surface area contributed by atoms with Gasteiger partial charge in [-0.2, -0.15) is 0 Å². The van der Waals surface area contributed by atoms with E-state index in [-0.39, 0.29) is 5.60 Å². The van der Waals surface area contributed by atoms with Crippen LogP contribution in [0.3, 0.4) is 0 Å². The predicted molar refractivity (Wildman–Crippen MR) is 103 cm³/mol. The second-order valence-electron chi connectivity index (χ2n) is 7.35. The van der Waals surface area contributed by atoms with E-state index in [2.05, 4.69) is 4.90 Å². The Morgan fingerprint density at radius 1 is 1.08 bits per heavy atom. The van der Waals surface area contributed by atoms with E-state index < -0.39 is 6.10 Å². The lowest BCUT2D eigenvalue weighted by atomic mass is 10.1. The van der Waals surface area contributed by atoms with Gasteiger partial charge in [-0.05, 0) is 44.9 Å². The van der Waals surface area contributed by atoms with Gasteiger partial charge in [-0.3, -0.25) is 4.90 Å². The van der Waals surface area contributed by atoms with Gasteiger partial charge in [0.15, 0.2) is 11.5 Å². The zero-order valence-electron chi connectivity index (χ0n) is 17.1. The molecule has 0 unspecified atom stereocenters. The average Bonchev–Trinajstić information content (AvgIpc) is 2.59. The molecular weight excluding hydrogens is 334 g/mol. The maximum absolute atomic E-state index is 10.4. The summed E-state index contributed by atoms with van der Waals surface area (Å²) in [7, 11) is 4.95. The van der Waals surface area contributed by atoms with Crippen molar-refractivity contribution in [2.75, 3.05) is 47.6 Å². The molecule has 1 rings (SSSR count). The molecule has 6 heteroatoms. The van der Waals surface area contributed by atoms with Gasteiger partial charge >= 0.3 is 0 Å². The van der Waals surface area contributed by atoms with E-state index in [1.54, 1.807) is 21.3 Å². The third-order valence-corrected chi connectivity index (χ3v) is 3.85. The van der Waals surface area contributed by atoms with Crippen LogP contribution in [0.1, 0.15) is 32.8 Å². The van der Waals surface area contributed by atoms with Gasteiger partial charge in [0, 0.05) is 33.4 Å². The topological polar surface area (TPSA) is 60.4 Å². The number of ether oxygens (including phenoxy) is 4. The molecule has 0 saturated carbocycles. The van der Waals surface area contributed by atoms with Crippen LogP contribution < -0.4 is 9.47 Å². The first-order chi connectivity index (χ1) is 12.3. The van der Waals surface area contributed by atoms with Gasteiger partial charge in [0.2, 0.25) is 0 Å². The molecular formula is C20H35NO5. The number of methoxy groups -OCH3 is 3. The third kappa shape index (κ3) is 8.85. The van der Waals surface area contributed by atoms with Gasteiger partial charge in [-0.25, -0.2) is 0 Å². The highest BCUT2D eigenvalue weighted by Gasteiger charge is 2.17. The van der Waals surface area contributed by atoms with Crippen LogP contribution in [-0.2, 0) is 16.0 Å². The molecule has 0 fully saturated rings. The quantitative estimate of drug-likeness (QED) is 0.572. The van der Waals surface area contributed by atoms with Crippen molar-refractivity contribution >= 4 is 0 Å². The molecule has 6 nitrogen and oxygen atoms in total. The molecule has 150 valence electrons. The summed E-state index contributed by atoms with van der Waals surface area (Å²) in [4.78, 5) is 2.21. The minimum Gasteiger partial charge on any atom is -0.493 e. The van der Waals surface area contributed by atoms with Crippen LogP contribution in [0.15, 0.2) is 18.2 Å². The Balaban J connectivity index is 2.73. The number of aliphatic hydroxyl groups is 1. The molecule has 26 heavy (non-hydrogen) atoms. The van der Waals surface area contributed by atoms with E-state index in [4.69, 9.17) is 18.9 Å². The SMILES string of the molecule is COCCCN(Cc1ccc(OC)c(OC)c1)C[C@@H](O)COC(C)(C)C. The lowest BCUT2D eigenvalue weighted by Crippen LogP contribution is -2.37. The van der Waals surface area contributed by atoms with E-state index >= 15 is 0 Å². The van der Waals surface area contributed by atoms with Crippen molar-refractivity contribution in [3.8, 4) is 11.5 Å². The molecule has 0 amide bonds. The smallest absolute Gasteiger partial charge is 0.161 e. The average molecular weight is 370 g/mol. The van der Waals surface area contributed by atoms with Crippen molar-refractivity contribution in [3.05, 3.63) is 23.8 Å². The predicted octanol–water partition coefficient (Wildman–Crippen LogP) is 2.72. The minimum absolute atomic E-state index is 0.259. The second-order valence-corrected chi connectivity index (χ2v) is 7.35. The van der Waals surface area contributed by atoms with E-state index in [9.17, 15) is 5.11 Å². The summed E-state index contributed by atoms with van der Waals surface area (Å²) in [5.74, 6) is 1.42. The molecule has 1 aromatic rings. The van der Waals surface area contributed by atoms with Gasteiger partial charge < -0.3 is 24.1 Å². The summed E-state index contributed by atoms with van der Waals surface area (Å²) >= 11 is 0. The van der Waals surface area contributed by atoms with Crippen LogP contribution in [0.5, 0.6) is 11.5 Å². The molecule has 1 atom stereocenters. The van der Waals surface area contributed by atoms with Crippen molar-refractivity contribution in [2.45, 2.75) is 45.4 Å². The van der Waals surface area contributed by atoms with E-state index in [1.807, 2.05) is 39.0 Å². The lowest BCUT2D eigenvalue weighted by molar-refractivity contribution is -0.0569. The Kier molecular flexibility index (Phi) is 9.94. The lowest BCUT2D eigenvalue weighted by Gasteiger charge is -2.27. The zero-order chi connectivity index (χ0) is 19.6. The van der Waals surface area contributed by atoms with Gasteiger partial charge in [0.05, 0.1) is 32.5 Å². The minimum atomic E-state index is -0.545. The zero-order valence-corrected chi connectivity index (χ0v) is 17.1. The Morgan fingerprint density at radius 3 is 2.35 bits per heavy atom. The number of rotatable bonds is 12. The highest BCUT2D eigenvalue weighted by molar-refractivity contribution is 5.42. The fourth-order valence-corrected chi connectivity index (χ4v) is 2.60. The van der Waals surface area contributed by atoms with E-state index in [0.29, 0.717) is 37.8 Å². The van der Waals surface area contributed by atoms with Crippen LogP contribution in [-0.4, -0.2) is 69.3 Å². The largest absolute Gasteiger partial charge is 0.493 e. The number of nitrogens with zero attached hydrogens (tertiary/aromatic N) is 1. The first-order valence-corrected chi connectivity index (χ1v) is 9.03. The summed E-state index contributed by atoms with van der Waals surface area (Å²) in [6.45, 7) is 9.03. The van der Waals surface area contributed by atoms with Crippen molar-refractivity contribution in [3.63, 3.8) is 0 Å². The molecule has 0 aliphatic carbocycles. The van der Waals surface area contributed by atoms with Crippen LogP contribution in [0.2, 0.25) is 0 Å². The number of hydrogen-bond acceptors (Lipinski definition) is 6. The highest BCUT2D eigenvalue weighted by atomic mass is 16.5. The maximum atomic E-state index is 10.4. The van der Waals surface area contributed by atoms with Crippen molar-refractivity contribution in [1.29, 1.82) is 0 Å². The molecule has 0 radical (unpaired) electrons. The van der Waals surface area contributed by atoms with Gasteiger partial charge in [-0.1, -0.05) is 6.07 Å². The molecule has 0 spiro atoms. The molecule has 0 aliphatic heterocycles. The summed E-state index contributed by atoms with van der Waals surface area (Å²) in [5.41, 5.74) is 0.842. The molecule has 0 saturated heterocycles. The van der Waals surface area contributed by atoms with Crippen LogP contribution in [0, 0.1) is 0 Å². The second kappa shape index (κ2) is 11.4. The molecule has 0 heterocycles. The van der Waals surface area contributed by atoms with Gasteiger partial charge in [0.1, 0.15) is 0 Å². The van der Waals surface area contributed by atoms with E-state index in [1.165, 1.54) is 0 Å². The van der Waals surface area contributed by atoms with Crippen LogP contribution in [0.25, 0.3) is 0 Å². The first kappa shape index (κ1) is 22.7. The highest BCUT2D eigenvalue weighted by Crippen LogP contribution is 2.28. The normalized spacial score (nSPS) is 13.1. The first-order valence-electron chi connectivity index (χ1n) is 9.03.